The average molecular weight is 411 g/mol. The van der Waals surface area contributed by atoms with Crippen molar-refractivity contribution in [3.05, 3.63) is 42.2 Å². The van der Waals surface area contributed by atoms with Gasteiger partial charge in [-0.1, -0.05) is 11.6 Å². The van der Waals surface area contributed by atoms with Crippen molar-refractivity contribution in [2.45, 2.75) is 13.3 Å². The third-order valence-electron chi connectivity index (χ3n) is 2.51. The zero-order valence-corrected chi connectivity index (χ0v) is 14.4. The number of rotatable bonds is 4. The number of benzene rings is 1. The van der Waals surface area contributed by atoms with E-state index in [1.165, 1.54) is 4.88 Å². The molecule has 6 heteroatoms. The normalized spacial score (nSPS) is 10.7. The molecule has 0 saturated carbocycles. The molecule has 96 valence electrons. The fraction of sp³-hybridized carbons (Fsp3) is 0.250. The summed E-state index contributed by atoms with van der Waals surface area (Å²) < 4.78 is 1.92. The molecule has 18 heavy (non-hydrogen) atoms. The van der Waals surface area contributed by atoms with Gasteiger partial charge in [0.15, 0.2) is 0 Å². The lowest BCUT2D eigenvalue weighted by Gasteiger charge is -2.11. The van der Waals surface area contributed by atoms with Gasteiger partial charge in [-0.05, 0) is 50.9 Å². The highest BCUT2D eigenvalue weighted by Crippen LogP contribution is 2.34. The molecule has 0 aliphatic rings. The second-order valence-corrected chi connectivity index (χ2v) is 6.87. The van der Waals surface area contributed by atoms with Crippen LogP contribution < -0.4 is 5.32 Å². The van der Waals surface area contributed by atoms with Crippen LogP contribution in [0, 0.1) is 6.92 Å². The molecular weight excluding hydrogens is 399 g/mol. The van der Waals surface area contributed by atoms with Crippen LogP contribution in [-0.2, 0) is 6.42 Å². The van der Waals surface area contributed by atoms with Crippen molar-refractivity contribution in [2.24, 2.45) is 0 Å². The van der Waals surface area contributed by atoms with Gasteiger partial charge < -0.3 is 5.32 Å². The molecule has 2 nitrogen and oxygen atoms in total. The van der Waals surface area contributed by atoms with Crippen LogP contribution in [0.25, 0.3) is 0 Å². The van der Waals surface area contributed by atoms with E-state index in [0.717, 1.165) is 33.3 Å². The summed E-state index contributed by atoms with van der Waals surface area (Å²) in [5.74, 6) is 0. The Kier molecular flexibility index (Phi) is 5.06. The first-order chi connectivity index (χ1) is 8.58. The summed E-state index contributed by atoms with van der Waals surface area (Å²) in [4.78, 5) is 5.57. The smallest absolute Gasteiger partial charge is 0.0797 e. The van der Waals surface area contributed by atoms with Crippen LogP contribution in [-0.4, -0.2) is 11.5 Å². The number of aromatic nitrogens is 1. The Morgan fingerprint density at radius 3 is 2.56 bits per heavy atom. The number of halogens is 3. The van der Waals surface area contributed by atoms with Crippen LogP contribution in [0.15, 0.2) is 26.6 Å². The quantitative estimate of drug-likeness (QED) is 0.741. The molecular formula is C12H11Br2ClN2S. The van der Waals surface area contributed by atoms with Crippen LogP contribution in [0.4, 0.5) is 5.69 Å². The largest absolute Gasteiger partial charge is 0.383 e. The Bertz CT molecular complexity index is 534. The predicted molar refractivity (Wildman–Crippen MR) is 85.9 cm³/mol. The van der Waals surface area contributed by atoms with Crippen molar-refractivity contribution in [1.82, 2.24) is 4.98 Å². The van der Waals surface area contributed by atoms with Crippen LogP contribution in [0.5, 0.6) is 0 Å². The van der Waals surface area contributed by atoms with Gasteiger partial charge in [0.05, 0.1) is 16.9 Å². The minimum Gasteiger partial charge on any atom is -0.383 e. The first-order valence-electron chi connectivity index (χ1n) is 5.35. The van der Waals surface area contributed by atoms with Crippen molar-refractivity contribution < 1.29 is 0 Å². The van der Waals surface area contributed by atoms with Gasteiger partial charge in [-0.3, -0.25) is 0 Å². The van der Waals surface area contributed by atoms with Gasteiger partial charge in [-0.2, -0.15) is 0 Å². The molecule has 1 N–H and O–H groups in total. The predicted octanol–water partition coefficient (Wildman–Crippen LogP) is 5.28. The molecule has 1 aromatic carbocycles. The van der Waals surface area contributed by atoms with E-state index in [2.05, 4.69) is 42.2 Å². The van der Waals surface area contributed by atoms with Crippen molar-refractivity contribution in [3.63, 3.8) is 0 Å². The number of hydrogen-bond acceptors (Lipinski definition) is 3. The average Bonchev–Trinajstić information content (AvgIpc) is 2.68. The molecule has 0 saturated heterocycles. The molecule has 1 aromatic heterocycles. The third kappa shape index (κ3) is 3.47. The zero-order valence-electron chi connectivity index (χ0n) is 9.64. The maximum absolute atomic E-state index is 5.96. The summed E-state index contributed by atoms with van der Waals surface area (Å²) in [7, 11) is 0. The fourth-order valence-corrected chi connectivity index (χ4v) is 4.31. The Morgan fingerprint density at radius 2 is 2.00 bits per heavy atom. The van der Waals surface area contributed by atoms with Gasteiger partial charge in [-0.15, -0.1) is 11.3 Å². The summed E-state index contributed by atoms with van der Waals surface area (Å²) in [6.45, 7) is 2.90. The van der Waals surface area contributed by atoms with Gasteiger partial charge in [0, 0.05) is 31.8 Å². The third-order valence-corrected chi connectivity index (χ3v) is 4.97. The molecule has 0 fully saturated rings. The highest BCUT2D eigenvalue weighted by molar-refractivity contribution is 9.11. The van der Waals surface area contributed by atoms with Crippen molar-refractivity contribution in [2.75, 3.05) is 11.9 Å². The number of thiazole rings is 1. The van der Waals surface area contributed by atoms with E-state index in [1.54, 1.807) is 11.3 Å². The molecule has 2 rings (SSSR count). The van der Waals surface area contributed by atoms with E-state index in [4.69, 9.17) is 11.6 Å². The van der Waals surface area contributed by atoms with E-state index >= 15 is 0 Å². The Balaban J connectivity index is 2.01. The summed E-state index contributed by atoms with van der Waals surface area (Å²) >= 11 is 14.7. The molecule has 2 aromatic rings. The molecule has 0 spiro atoms. The van der Waals surface area contributed by atoms with Gasteiger partial charge in [0.25, 0.3) is 0 Å². The Hall–Kier alpha value is -0.100. The molecule has 0 bridgehead atoms. The Morgan fingerprint density at radius 1 is 1.33 bits per heavy atom. The maximum atomic E-state index is 5.96. The molecule has 0 aliphatic carbocycles. The van der Waals surface area contributed by atoms with Crippen LogP contribution in [0.3, 0.4) is 0 Å². The van der Waals surface area contributed by atoms with Crippen molar-refractivity contribution in [3.8, 4) is 0 Å². The molecule has 1 heterocycles. The lowest BCUT2D eigenvalue weighted by Crippen LogP contribution is -2.05. The van der Waals surface area contributed by atoms with Gasteiger partial charge in [0.1, 0.15) is 0 Å². The summed E-state index contributed by atoms with van der Waals surface area (Å²) in [5, 5.41) is 4.11. The zero-order chi connectivity index (χ0) is 13.1. The monoisotopic (exact) mass is 408 g/mol. The van der Waals surface area contributed by atoms with E-state index in [-0.39, 0.29) is 0 Å². The molecule has 0 unspecified atom stereocenters. The van der Waals surface area contributed by atoms with Gasteiger partial charge in [-0.25, -0.2) is 4.98 Å². The second kappa shape index (κ2) is 6.37. The molecule has 0 amide bonds. The van der Waals surface area contributed by atoms with Crippen LogP contribution in [0.1, 0.15) is 10.6 Å². The first kappa shape index (κ1) is 14.3. The van der Waals surface area contributed by atoms with Crippen molar-refractivity contribution in [1.29, 1.82) is 0 Å². The lowest BCUT2D eigenvalue weighted by atomic mass is 10.3. The number of nitrogens with zero attached hydrogens (tertiary/aromatic N) is 1. The standard InChI is InChI=1S/C12H11Br2ClN2S/c1-7-11(18-6-17-7)2-3-16-12-9(13)4-8(15)5-10(12)14/h4-6,16H,2-3H2,1H3. The first-order valence-corrected chi connectivity index (χ1v) is 8.19. The number of hydrogen-bond donors (Lipinski definition) is 1. The van der Waals surface area contributed by atoms with E-state index in [1.807, 2.05) is 24.6 Å². The van der Waals surface area contributed by atoms with E-state index in [0.29, 0.717) is 5.02 Å². The lowest BCUT2D eigenvalue weighted by molar-refractivity contribution is 1.02. The maximum Gasteiger partial charge on any atom is 0.0797 e. The topological polar surface area (TPSA) is 24.9 Å². The Labute approximate surface area is 132 Å². The SMILES string of the molecule is Cc1ncsc1CCNc1c(Br)cc(Cl)cc1Br. The van der Waals surface area contributed by atoms with Gasteiger partial charge in [0.2, 0.25) is 0 Å². The molecule has 0 atom stereocenters. The summed E-state index contributed by atoms with van der Waals surface area (Å²) in [6, 6.07) is 3.76. The molecule has 0 radical (unpaired) electrons. The van der Waals surface area contributed by atoms with E-state index < -0.39 is 0 Å². The highest BCUT2D eigenvalue weighted by atomic mass is 79.9. The van der Waals surface area contributed by atoms with E-state index in [9.17, 15) is 0 Å². The second-order valence-electron chi connectivity index (χ2n) is 3.78. The van der Waals surface area contributed by atoms with Crippen LogP contribution in [0.2, 0.25) is 5.02 Å². The minimum absolute atomic E-state index is 0.706. The minimum atomic E-state index is 0.706. The molecule has 0 aliphatic heterocycles. The van der Waals surface area contributed by atoms with Gasteiger partial charge >= 0.3 is 0 Å². The number of nitrogens with one attached hydrogen (secondary N) is 1. The highest BCUT2D eigenvalue weighted by Gasteiger charge is 2.07. The number of aryl methyl sites for hydroxylation is 1. The number of anilines is 1. The summed E-state index contributed by atoms with van der Waals surface area (Å²) in [6.07, 6.45) is 0.970. The summed E-state index contributed by atoms with van der Waals surface area (Å²) in [5.41, 5.74) is 4.04. The fourth-order valence-electron chi connectivity index (χ4n) is 1.58. The van der Waals surface area contributed by atoms with Crippen LogP contribution >= 0.6 is 54.8 Å². The van der Waals surface area contributed by atoms with Crippen molar-refractivity contribution >= 4 is 60.5 Å².